The van der Waals surface area contributed by atoms with Gasteiger partial charge in [0, 0.05) is 17.0 Å². The first kappa shape index (κ1) is 16.8. The molecule has 0 spiro atoms. The molecule has 1 fully saturated rings. The molecule has 5 nitrogen and oxygen atoms in total. The Morgan fingerprint density at radius 3 is 2.76 bits per heavy atom. The second kappa shape index (κ2) is 6.90. The molecule has 1 amide bonds. The van der Waals surface area contributed by atoms with E-state index < -0.39 is 0 Å². The molecule has 4 rings (SSSR count). The van der Waals surface area contributed by atoms with E-state index in [1.165, 1.54) is 29.7 Å². The first-order valence-corrected chi connectivity index (χ1v) is 10.2. The van der Waals surface area contributed by atoms with Crippen molar-refractivity contribution in [2.45, 2.75) is 70.9 Å². The summed E-state index contributed by atoms with van der Waals surface area (Å²) >= 11 is 1.75. The lowest BCUT2D eigenvalue weighted by atomic mass is 9.97. The third-order valence-electron chi connectivity index (χ3n) is 5.53. The van der Waals surface area contributed by atoms with Gasteiger partial charge in [-0.1, -0.05) is 0 Å². The van der Waals surface area contributed by atoms with E-state index in [0.29, 0.717) is 18.0 Å². The topological polar surface area (TPSA) is 55.3 Å². The molecule has 2 atom stereocenters. The van der Waals surface area contributed by atoms with Gasteiger partial charge in [-0.25, -0.2) is 9.97 Å². The number of fused-ring (bicyclic) bond motifs is 3. The van der Waals surface area contributed by atoms with Gasteiger partial charge >= 0.3 is 0 Å². The monoisotopic (exact) mass is 359 g/mol. The van der Waals surface area contributed by atoms with Crippen LogP contribution in [0.3, 0.4) is 0 Å². The SMILES string of the molecule is C[C@@H]1CCC[C@@H](C)N1C(=O)COc1ncnc2sc3c(c12)CCCC3. The third kappa shape index (κ3) is 3.12. The fraction of sp³-hybridized carbons (Fsp3) is 0.632. The van der Waals surface area contributed by atoms with E-state index in [4.69, 9.17) is 4.74 Å². The number of carbonyl (C=O) groups excluding carboxylic acids is 1. The molecule has 1 saturated heterocycles. The molecule has 2 aromatic rings. The smallest absolute Gasteiger partial charge is 0.261 e. The van der Waals surface area contributed by atoms with Crippen molar-refractivity contribution in [2.75, 3.05) is 6.61 Å². The zero-order valence-electron chi connectivity index (χ0n) is 15.0. The molecule has 134 valence electrons. The highest BCUT2D eigenvalue weighted by Gasteiger charge is 2.29. The second-order valence-electron chi connectivity index (χ2n) is 7.29. The van der Waals surface area contributed by atoms with Crippen LogP contribution >= 0.6 is 11.3 Å². The Morgan fingerprint density at radius 2 is 1.96 bits per heavy atom. The summed E-state index contributed by atoms with van der Waals surface area (Å²) in [6, 6.07) is 0.582. The molecule has 0 radical (unpaired) electrons. The van der Waals surface area contributed by atoms with E-state index in [9.17, 15) is 4.79 Å². The zero-order valence-corrected chi connectivity index (χ0v) is 15.8. The maximum atomic E-state index is 12.7. The Balaban J connectivity index is 1.55. The zero-order chi connectivity index (χ0) is 17.4. The van der Waals surface area contributed by atoms with Crippen molar-refractivity contribution in [3.63, 3.8) is 0 Å². The number of rotatable bonds is 3. The van der Waals surface area contributed by atoms with Gasteiger partial charge in [0.25, 0.3) is 5.91 Å². The van der Waals surface area contributed by atoms with Crippen molar-refractivity contribution in [1.29, 1.82) is 0 Å². The number of hydrogen-bond donors (Lipinski definition) is 0. The second-order valence-corrected chi connectivity index (χ2v) is 8.37. The third-order valence-corrected chi connectivity index (χ3v) is 6.73. The van der Waals surface area contributed by atoms with Gasteiger partial charge in [0.15, 0.2) is 6.61 Å². The summed E-state index contributed by atoms with van der Waals surface area (Å²) < 4.78 is 5.92. The average molecular weight is 359 g/mol. The van der Waals surface area contributed by atoms with Crippen molar-refractivity contribution in [3.05, 3.63) is 16.8 Å². The lowest BCUT2D eigenvalue weighted by molar-refractivity contribution is -0.139. The number of thiophene rings is 1. The Bertz CT molecular complexity index is 778. The first-order valence-electron chi connectivity index (χ1n) is 9.34. The van der Waals surface area contributed by atoms with E-state index in [-0.39, 0.29) is 12.5 Å². The molecule has 0 saturated carbocycles. The van der Waals surface area contributed by atoms with Crippen molar-refractivity contribution in [2.24, 2.45) is 0 Å². The molecule has 0 aromatic carbocycles. The van der Waals surface area contributed by atoms with Crippen molar-refractivity contribution in [1.82, 2.24) is 14.9 Å². The molecular weight excluding hydrogens is 334 g/mol. The van der Waals surface area contributed by atoms with Crippen LogP contribution in [0.4, 0.5) is 0 Å². The number of hydrogen-bond acceptors (Lipinski definition) is 5. The van der Waals surface area contributed by atoms with Crippen LogP contribution in [0.5, 0.6) is 5.88 Å². The summed E-state index contributed by atoms with van der Waals surface area (Å²) in [5.41, 5.74) is 1.34. The van der Waals surface area contributed by atoms with E-state index in [0.717, 1.165) is 35.9 Å². The van der Waals surface area contributed by atoms with Gasteiger partial charge in [0.05, 0.1) is 5.39 Å². The Labute approximate surface area is 152 Å². The van der Waals surface area contributed by atoms with E-state index >= 15 is 0 Å². The summed E-state index contributed by atoms with van der Waals surface area (Å²) in [5.74, 6) is 0.644. The Hall–Kier alpha value is -1.69. The van der Waals surface area contributed by atoms with Crippen LogP contribution in [-0.2, 0) is 17.6 Å². The molecular formula is C19H25N3O2S. The van der Waals surface area contributed by atoms with Gasteiger partial charge in [-0.2, -0.15) is 0 Å². The highest BCUT2D eigenvalue weighted by Crippen LogP contribution is 2.39. The minimum Gasteiger partial charge on any atom is -0.467 e. The summed E-state index contributed by atoms with van der Waals surface area (Å²) in [4.78, 5) is 25.9. The fourth-order valence-electron chi connectivity index (χ4n) is 4.29. The van der Waals surface area contributed by atoms with Crippen LogP contribution in [-0.4, -0.2) is 39.5 Å². The van der Waals surface area contributed by atoms with E-state index in [1.54, 1.807) is 17.7 Å². The largest absolute Gasteiger partial charge is 0.467 e. The lowest BCUT2D eigenvalue weighted by Gasteiger charge is -2.38. The van der Waals surface area contributed by atoms with Gasteiger partial charge in [-0.15, -0.1) is 11.3 Å². The summed E-state index contributed by atoms with van der Waals surface area (Å²) in [5, 5.41) is 1.04. The number of piperidine rings is 1. The molecule has 2 aromatic heterocycles. The number of carbonyl (C=O) groups is 1. The van der Waals surface area contributed by atoms with E-state index in [1.807, 2.05) is 4.90 Å². The standard InChI is InChI=1S/C19H25N3O2S/c1-12-6-5-7-13(2)22(12)16(23)10-24-18-17-14-8-3-4-9-15(14)25-19(17)21-11-20-18/h11-13H,3-10H2,1-2H3/t12-,13-/m1/s1. The van der Waals surface area contributed by atoms with Gasteiger partial charge in [-0.05, 0) is 64.4 Å². The van der Waals surface area contributed by atoms with Crippen LogP contribution in [0.1, 0.15) is 56.4 Å². The van der Waals surface area contributed by atoms with Gasteiger partial charge in [-0.3, -0.25) is 4.79 Å². The summed E-state index contributed by atoms with van der Waals surface area (Å²) in [7, 11) is 0. The molecule has 2 aliphatic rings. The van der Waals surface area contributed by atoms with Crippen LogP contribution in [0.2, 0.25) is 0 Å². The van der Waals surface area contributed by atoms with Crippen molar-refractivity contribution >= 4 is 27.5 Å². The number of nitrogens with zero attached hydrogens (tertiary/aromatic N) is 3. The maximum Gasteiger partial charge on any atom is 0.261 e. The highest BCUT2D eigenvalue weighted by molar-refractivity contribution is 7.18. The molecule has 1 aliphatic carbocycles. The number of likely N-dealkylation sites (tertiary alicyclic amines) is 1. The normalized spacial score (nSPS) is 23.5. The summed E-state index contributed by atoms with van der Waals surface area (Å²) in [6.07, 6.45) is 9.53. The maximum absolute atomic E-state index is 12.7. The number of amides is 1. The quantitative estimate of drug-likeness (QED) is 0.838. The molecule has 25 heavy (non-hydrogen) atoms. The minimum atomic E-state index is 0.0609. The van der Waals surface area contributed by atoms with Crippen LogP contribution in [0, 0.1) is 0 Å². The first-order chi connectivity index (χ1) is 12.1. The minimum absolute atomic E-state index is 0.0609. The molecule has 6 heteroatoms. The molecule has 1 aliphatic heterocycles. The predicted molar refractivity (Wildman–Crippen MR) is 99.2 cm³/mol. The van der Waals surface area contributed by atoms with Crippen LogP contribution < -0.4 is 4.74 Å². The molecule has 0 unspecified atom stereocenters. The van der Waals surface area contributed by atoms with Crippen molar-refractivity contribution in [3.8, 4) is 5.88 Å². The molecule has 0 N–H and O–H groups in total. The highest BCUT2D eigenvalue weighted by atomic mass is 32.1. The molecule has 0 bridgehead atoms. The Kier molecular flexibility index (Phi) is 4.63. The number of ether oxygens (including phenoxy) is 1. The van der Waals surface area contributed by atoms with Crippen molar-refractivity contribution < 1.29 is 9.53 Å². The number of aromatic nitrogens is 2. The van der Waals surface area contributed by atoms with Gasteiger partial charge in [0.2, 0.25) is 5.88 Å². The van der Waals surface area contributed by atoms with Gasteiger partial charge < -0.3 is 9.64 Å². The fourth-order valence-corrected chi connectivity index (χ4v) is 5.51. The number of aryl methyl sites for hydroxylation is 2. The van der Waals surface area contributed by atoms with Crippen LogP contribution in [0.25, 0.3) is 10.2 Å². The van der Waals surface area contributed by atoms with E-state index in [2.05, 4.69) is 23.8 Å². The molecule has 3 heterocycles. The predicted octanol–water partition coefficient (Wildman–Crippen LogP) is 3.74. The summed E-state index contributed by atoms with van der Waals surface area (Å²) in [6.45, 7) is 4.32. The van der Waals surface area contributed by atoms with Crippen LogP contribution in [0.15, 0.2) is 6.33 Å². The van der Waals surface area contributed by atoms with Gasteiger partial charge in [0.1, 0.15) is 11.2 Å². The lowest BCUT2D eigenvalue weighted by Crippen LogP contribution is -2.49. The Morgan fingerprint density at radius 1 is 1.20 bits per heavy atom. The average Bonchev–Trinajstić information content (AvgIpc) is 2.99.